The van der Waals surface area contributed by atoms with Crippen LogP contribution in [0.3, 0.4) is 0 Å². The zero-order chi connectivity index (χ0) is 9.03. The van der Waals surface area contributed by atoms with Crippen LogP contribution in [0.4, 0.5) is 0 Å². The summed E-state index contributed by atoms with van der Waals surface area (Å²) in [6.45, 7) is 1.67. The lowest BCUT2D eigenvalue weighted by molar-refractivity contribution is 0.479. The quantitative estimate of drug-likeness (QED) is 0.469. The number of nitrogens with one attached hydrogen (secondary N) is 1. The van der Waals surface area contributed by atoms with Crippen molar-refractivity contribution in [1.82, 2.24) is 5.32 Å². The molecule has 1 rings (SSSR count). The standard InChI is InChI=1S/C7H15NO3S/c9-12(10,11)5-1-4-8-6-7-2-3-7/h7-8H,1-6H2,(H,9,10,11). The third-order valence-electron chi connectivity index (χ3n) is 1.89. The molecule has 0 amide bonds. The second-order valence-electron chi connectivity index (χ2n) is 3.29. The summed E-state index contributed by atoms with van der Waals surface area (Å²) in [5, 5.41) is 3.14. The van der Waals surface area contributed by atoms with Gasteiger partial charge in [0, 0.05) is 0 Å². The number of rotatable bonds is 6. The monoisotopic (exact) mass is 193 g/mol. The summed E-state index contributed by atoms with van der Waals surface area (Å²) < 4.78 is 28.9. The lowest BCUT2D eigenvalue weighted by Crippen LogP contribution is -2.20. The van der Waals surface area contributed by atoms with Crippen LogP contribution in [0.5, 0.6) is 0 Å². The van der Waals surface area contributed by atoms with Crippen LogP contribution >= 0.6 is 0 Å². The fraction of sp³-hybridized carbons (Fsp3) is 1.00. The van der Waals surface area contributed by atoms with Crippen molar-refractivity contribution >= 4 is 10.1 Å². The van der Waals surface area contributed by atoms with E-state index in [0.717, 1.165) is 12.5 Å². The summed E-state index contributed by atoms with van der Waals surface area (Å²) in [5.74, 6) is 0.681. The van der Waals surface area contributed by atoms with Crippen LogP contribution in [0, 0.1) is 5.92 Å². The van der Waals surface area contributed by atoms with E-state index < -0.39 is 10.1 Å². The zero-order valence-electron chi connectivity index (χ0n) is 6.99. The van der Waals surface area contributed by atoms with Gasteiger partial charge in [-0.3, -0.25) is 4.55 Å². The van der Waals surface area contributed by atoms with Gasteiger partial charge < -0.3 is 5.32 Å². The molecule has 0 spiro atoms. The van der Waals surface area contributed by atoms with Crippen LogP contribution in [0.2, 0.25) is 0 Å². The van der Waals surface area contributed by atoms with Gasteiger partial charge in [-0.05, 0) is 38.3 Å². The van der Waals surface area contributed by atoms with Crippen molar-refractivity contribution in [2.24, 2.45) is 5.92 Å². The molecule has 0 radical (unpaired) electrons. The highest BCUT2D eigenvalue weighted by molar-refractivity contribution is 7.85. The van der Waals surface area contributed by atoms with Gasteiger partial charge in [-0.25, -0.2) is 0 Å². The molecule has 0 bridgehead atoms. The van der Waals surface area contributed by atoms with Crippen molar-refractivity contribution in [2.45, 2.75) is 19.3 Å². The van der Waals surface area contributed by atoms with E-state index in [-0.39, 0.29) is 5.75 Å². The Balaban J connectivity index is 1.88. The second-order valence-corrected chi connectivity index (χ2v) is 4.86. The molecule has 0 aromatic rings. The van der Waals surface area contributed by atoms with E-state index in [9.17, 15) is 8.42 Å². The molecule has 72 valence electrons. The summed E-state index contributed by atoms with van der Waals surface area (Å²) >= 11 is 0. The summed E-state index contributed by atoms with van der Waals surface area (Å²) in [5.41, 5.74) is 0. The van der Waals surface area contributed by atoms with Crippen LogP contribution in [0.1, 0.15) is 19.3 Å². The highest BCUT2D eigenvalue weighted by atomic mass is 32.2. The maximum atomic E-state index is 10.3. The molecule has 1 saturated carbocycles. The van der Waals surface area contributed by atoms with Crippen LogP contribution < -0.4 is 5.32 Å². The van der Waals surface area contributed by atoms with E-state index in [2.05, 4.69) is 5.32 Å². The predicted octanol–water partition coefficient (Wildman–Crippen LogP) is 0.264. The Bertz CT molecular complexity index is 221. The molecule has 4 nitrogen and oxygen atoms in total. The van der Waals surface area contributed by atoms with E-state index in [1.54, 1.807) is 0 Å². The van der Waals surface area contributed by atoms with Crippen molar-refractivity contribution in [2.75, 3.05) is 18.8 Å². The average molecular weight is 193 g/mol. The van der Waals surface area contributed by atoms with Gasteiger partial charge in [-0.2, -0.15) is 8.42 Å². The topological polar surface area (TPSA) is 66.4 Å². The summed E-state index contributed by atoms with van der Waals surface area (Å²) in [4.78, 5) is 0. The highest BCUT2D eigenvalue weighted by Gasteiger charge is 2.19. The Morgan fingerprint density at radius 2 is 2.08 bits per heavy atom. The number of hydrogen-bond acceptors (Lipinski definition) is 3. The second kappa shape index (κ2) is 4.20. The van der Waals surface area contributed by atoms with E-state index in [1.165, 1.54) is 12.8 Å². The van der Waals surface area contributed by atoms with Crippen LogP contribution in [-0.2, 0) is 10.1 Å². The minimum atomic E-state index is -3.75. The van der Waals surface area contributed by atoms with Crippen molar-refractivity contribution in [1.29, 1.82) is 0 Å². The maximum Gasteiger partial charge on any atom is 0.264 e. The maximum absolute atomic E-state index is 10.3. The smallest absolute Gasteiger partial charge is 0.264 e. The van der Waals surface area contributed by atoms with Gasteiger partial charge in [-0.15, -0.1) is 0 Å². The lowest BCUT2D eigenvalue weighted by atomic mass is 10.4. The fourth-order valence-corrected chi connectivity index (χ4v) is 1.52. The van der Waals surface area contributed by atoms with Gasteiger partial charge in [0.15, 0.2) is 0 Å². The molecule has 12 heavy (non-hydrogen) atoms. The first kappa shape index (κ1) is 9.95. The zero-order valence-corrected chi connectivity index (χ0v) is 7.81. The molecule has 1 fully saturated rings. The largest absolute Gasteiger partial charge is 0.316 e. The summed E-state index contributed by atoms with van der Waals surface area (Å²) in [6, 6.07) is 0. The molecule has 0 heterocycles. The molecule has 0 aromatic carbocycles. The number of hydrogen-bond donors (Lipinski definition) is 2. The molecule has 1 aliphatic rings. The Labute approximate surface area is 73.1 Å². The molecule has 0 aromatic heterocycles. The van der Waals surface area contributed by atoms with Gasteiger partial charge >= 0.3 is 0 Å². The van der Waals surface area contributed by atoms with E-state index in [0.29, 0.717) is 13.0 Å². The minimum Gasteiger partial charge on any atom is -0.316 e. The van der Waals surface area contributed by atoms with Gasteiger partial charge in [0.25, 0.3) is 10.1 Å². The van der Waals surface area contributed by atoms with E-state index in [1.807, 2.05) is 0 Å². The molecule has 2 N–H and O–H groups in total. The Hall–Kier alpha value is -0.130. The average Bonchev–Trinajstić information content (AvgIpc) is 2.68. The first-order valence-corrected chi connectivity index (χ1v) is 5.85. The predicted molar refractivity (Wildman–Crippen MR) is 46.6 cm³/mol. The summed E-state index contributed by atoms with van der Waals surface area (Å²) in [7, 11) is -3.75. The molecule has 5 heteroatoms. The van der Waals surface area contributed by atoms with Crippen molar-refractivity contribution in [3.05, 3.63) is 0 Å². The Kier molecular flexibility index (Phi) is 3.49. The molecular weight excluding hydrogens is 178 g/mol. The van der Waals surface area contributed by atoms with Gasteiger partial charge in [0.05, 0.1) is 5.75 Å². The first-order chi connectivity index (χ1) is 5.58. The van der Waals surface area contributed by atoms with Crippen molar-refractivity contribution < 1.29 is 13.0 Å². The first-order valence-electron chi connectivity index (χ1n) is 4.24. The van der Waals surface area contributed by atoms with Crippen LogP contribution in [0.15, 0.2) is 0 Å². The van der Waals surface area contributed by atoms with E-state index >= 15 is 0 Å². The van der Waals surface area contributed by atoms with Crippen molar-refractivity contribution in [3.8, 4) is 0 Å². The Morgan fingerprint density at radius 3 is 2.58 bits per heavy atom. The fourth-order valence-electron chi connectivity index (χ4n) is 1.01. The molecule has 0 unspecified atom stereocenters. The third kappa shape index (κ3) is 5.51. The van der Waals surface area contributed by atoms with Crippen LogP contribution in [-0.4, -0.2) is 31.8 Å². The summed E-state index contributed by atoms with van der Waals surface area (Å²) in [6.07, 6.45) is 3.09. The molecule has 0 saturated heterocycles. The van der Waals surface area contributed by atoms with Crippen LogP contribution in [0.25, 0.3) is 0 Å². The van der Waals surface area contributed by atoms with E-state index in [4.69, 9.17) is 4.55 Å². The molecular formula is C7H15NO3S. The Morgan fingerprint density at radius 1 is 1.42 bits per heavy atom. The van der Waals surface area contributed by atoms with Gasteiger partial charge in [-0.1, -0.05) is 0 Å². The third-order valence-corrected chi connectivity index (χ3v) is 2.69. The highest BCUT2D eigenvalue weighted by Crippen LogP contribution is 2.27. The molecule has 0 atom stereocenters. The van der Waals surface area contributed by atoms with Gasteiger partial charge in [0.2, 0.25) is 0 Å². The minimum absolute atomic E-state index is 0.134. The SMILES string of the molecule is O=S(=O)(O)CCCNCC1CC1. The normalized spacial score (nSPS) is 18.1. The van der Waals surface area contributed by atoms with Crippen molar-refractivity contribution in [3.63, 3.8) is 0 Å². The molecule has 0 aliphatic heterocycles. The van der Waals surface area contributed by atoms with Gasteiger partial charge in [0.1, 0.15) is 0 Å². The lowest BCUT2D eigenvalue weighted by Gasteiger charge is -2.01. The molecule has 1 aliphatic carbocycles.